The molecule has 0 bridgehead atoms. The summed E-state index contributed by atoms with van der Waals surface area (Å²) in [5, 5.41) is 14.7. The first-order valence-electron chi connectivity index (χ1n) is 11.3. The molecule has 2 aromatic carbocycles. The van der Waals surface area contributed by atoms with Gasteiger partial charge in [0.1, 0.15) is 17.0 Å². The van der Waals surface area contributed by atoms with Gasteiger partial charge in [0.05, 0.1) is 34.6 Å². The molecule has 0 unspecified atom stereocenters. The average Bonchev–Trinajstić information content (AvgIpc) is 3.52. The van der Waals surface area contributed by atoms with Crippen LogP contribution in [-0.2, 0) is 19.9 Å². The number of ether oxygens (including phenoxy) is 1. The van der Waals surface area contributed by atoms with Gasteiger partial charge in [-0.05, 0) is 44.0 Å². The van der Waals surface area contributed by atoms with Gasteiger partial charge in [-0.15, -0.1) is 0 Å². The van der Waals surface area contributed by atoms with Crippen molar-refractivity contribution in [3.63, 3.8) is 0 Å². The fourth-order valence-corrected chi connectivity index (χ4v) is 6.92. The molecule has 2 aromatic rings. The molecule has 1 spiro atoms. The number of amides is 3. The van der Waals surface area contributed by atoms with Crippen LogP contribution in [0.25, 0.3) is 0 Å². The number of methoxy groups -OCH3 is 1. The Balaban J connectivity index is 1.57. The van der Waals surface area contributed by atoms with E-state index in [1.54, 1.807) is 6.07 Å². The van der Waals surface area contributed by atoms with Crippen molar-refractivity contribution in [3.8, 4) is 5.75 Å². The van der Waals surface area contributed by atoms with E-state index in [-0.39, 0.29) is 29.1 Å². The van der Waals surface area contributed by atoms with E-state index in [1.165, 1.54) is 25.3 Å². The minimum atomic E-state index is -1.38. The number of anilines is 2. The fraction of sp³-hybridized carbons (Fsp3) is 0.375. The summed E-state index contributed by atoms with van der Waals surface area (Å²) in [6.07, 6.45) is 1.43. The highest BCUT2D eigenvalue weighted by molar-refractivity contribution is 6.35. The summed E-state index contributed by atoms with van der Waals surface area (Å²) in [7, 11) is 1.36. The highest BCUT2D eigenvalue weighted by atomic mass is 35.5. The van der Waals surface area contributed by atoms with E-state index in [4.69, 9.17) is 16.3 Å². The molecule has 3 fully saturated rings. The molecule has 0 radical (unpaired) electrons. The number of rotatable bonds is 3. The fourth-order valence-electron chi connectivity index (χ4n) is 6.60. The topological polar surface area (TPSA) is 122 Å². The molecular weight excluding hydrogens is 476 g/mol. The van der Waals surface area contributed by atoms with Crippen LogP contribution in [0.1, 0.15) is 24.0 Å². The van der Waals surface area contributed by atoms with Crippen molar-refractivity contribution in [1.29, 1.82) is 0 Å². The van der Waals surface area contributed by atoms with E-state index in [0.717, 1.165) is 16.9 Å². The molecule has 3 saturated heterocycles. The predicted molar refractivity (Wildman–Crippen MR) is 125 cm³/mol. The number of aryl methyl sites for hydroxylation is 1. The van der Waals surface area contributed by atoms with Crippen molar-refractivity contribution in [2.45, 2.75) is 31.3 Å². The van der Waals surface area contributed by atoms with E-state index in [0.29, 0.717) is 29.2 Å². The number of benzene rings is 2. The Bertz CT molecular complexity index is 1360. The molecule has 0 aliphatic carbocycles. The van der Waals surface area contributed by atoms with Crippen LogP contribution in [0.3, 0.4) is 0 Å². The number of non-ortho nitro benzene ring substituents is 1. The Morgan fingerprint density at radius 1 is 1.20 bits per heavy atom. The lowest BCUT2D eigenvalue weighted by Crippen LogP contribution is -2.54. The molecule has 3 amide bonds. The van der Waals surface area contributed by atoms with Gasteiger partial charge in [0.15, 0.2) is 0 Å². The maximum absolute atomic E-state index is 14.1. The number of nitro benzene ring substituents is 1. The van der Waals surface area contributed by atoms with Crippen LogP contribution < -0.4 is 15.0 Å². The number of fused-ring (bicyclic) bond motifs is 7. The SMILES string of the molecule is COc1ccc([N+](=O)[O-])cc1N1C(=O)[C@H]2[C@H]3CCCN3[C@]3(C(=O)Nc4c(Cl)cc(C)cc43)[C@@H]2C1=O. The van der Waals surface area contributed by atoms with E-state index < -0.39 is 34.1 Å². The maximum atomic E-state index is 14.1. The van der Waals surface area contributed by atoms with Crippen molar-refractivity contribution in [3.05, 3.63) is 56.6 Å². The zero-order valence-corrected chi connectivity index (χ0v) is 19.7. The molecule has 4 aliphatic heterocycles. The van der Waals surface area contributed by atoms with Gasteiger partial charge in [-0.3, -0.25) is 29.4 Å². The molecule has 4 aliphatic rings. The molecular formula is C24H21ClN4O6. The minimum Gasteiger partial charge on any atom is -0.495 e. The third kappa shape index (κ3) is 2.61. The second kappa shape index (κ2) is 7.25. The molecule has 10 nitrogen and oxygen atoms in total. The van der Waals surface area contributed by atoms with Gasteiger partial charge in [0.2, 0.25) is 11.8 Å². The molecule has 180 valence electrons. The molecule has 6 rings (SSSR count). The summed E-state index contributed by atoms with van der Waals surface area (Å²) in [5.74, 6) is -3.05. The normalized spacial score (nSPS) is 28.9. The zero-order chi connectivity index (χ0) is 24.8. The number of carbonyl (C=O) groups is 3. The Morgan fingerprint density at radius 2 is 1.97 bits per heavy atom. The van der Waals surface area contributed by atoms with Crippen LogP contribution in [0.5, 0.6) is 5.75 Å². The third-order valence-corrected chi connectivity index (χ3v) is 8.11. The van der Waals surface area contributed by atoms with Crippen LogP contribution in [-0.4, -0.2) is 47.2 Å². The number of hydrogen-bond acceptors (Lipinski definition) is 7. The molecule has 1 N–H and O–H groups in total. The van der Waals surface area contributed by atoms with Gasteiger partial charge in [-0.25, -0.2) is 4.90 Å². The van der Waals surface area contributed by atoms with Crippen LogP contribution in [0.4, 0.5) is 17.1 Å². The summed E-state index contributed by atoms with van der Waals surface area (Å²) in [6, 6.07) is 7.06. The third-order valence-electron chi connectivity index (χ3n) is 7.81. The summed E-state index contributed by atoms with van der Waals surface area (Å²) >= 11 is 6.49. The van der Waals surface area contributed by atoms with Crippen molar-refractivity contribution in [2.75, 3.05) is 23.9 Å². The zero-order valence-electron chi connectivity index (χ0n) is 18.9. The number of nitrogens with zero attached hydrogens (tertiary/aromatic N) is 3. The number of carbonyl (C=O) groups excluding carboxylic acids is 3. The summed E-state index contributed by atoms with van der Waals surface area (Å²) in [5.41, 5.74) is 0.236. The van der Waals surface area contributed by atoms with E-state index >= 15 is 0 Å². The Kier molecular flexibility index (Phi) is 4.56. The molecule has 35 heavy (non-hydrogen) atoms. The number of halogens is 1. The number of imide groups is 1. The number of nitrogens with one attached hydrogen (secondary N) is 1. The lowest BCUT2D eigenvalue weighted by atomic mass is 9.75. The lowest BCUT2D eigenvalue weighted by molar-refractivity contribution is -0.384. The van der Waals surface area contributed by atoms with Crippen molar-refractivity contribution < 1.29 is 24.0 Å². The molecule has 4 atom stereocenters. The Labute approximate surface area is 204 Å². The maximum Gasteiger partial charge on any atom is 0.271 e. The number of hydrogen-bond donors (Lipinski definition) is 1. The largest absolute Gasteiger partial charge is 0.495 e. The highest BCUT2D eigenvalue weighted by Gasteiger charge is 2.75. The average molecular weight is 497 g/mol. The van der Waals surface area contributed by atoms with Gasteiger partial charge in [0.25, 0.3) is 11.6 Å². The van der Waals surface area contributed by atoms with Crippen molar-refractivity contribution in [1.82, 2.24) is 4.90 Å². The molecule has 0 saturated carbocycles. The predicted octanol–water partition coefficient (Wildman–Crippen LogP) is 3.00. The van der Waals surface area contributed by atoms with Crippen molar-refractivity contribution >= 4 is 46.4 Å². The monoisotopic (exact) mass is 496 g/mol. The molecule has 4 heterocycles. The van der Waals surface area contributed by atoms with Crippen LogP contribution in [0.2, 0.25) is 5.02 Å². The van der Waals surface area contributed by atoms with Crippen LogP contribution in [0, 0.1) is 28.9 Å². The van der Waals surface area contributed by atoms with Gasteiger partial charge in [-0.2, -0.15) is 0 Å². The highest BCUT2D eigenvalue weighted by Crippen LogP contribution is 2.62. The van der Waals surface area contributed by atoms with Crippen LogP contribution in [0.15, 0.2) is 30.3 Å². The van der Waals surface area contributed by atoms with Gasteiger partial charge in [0, 0.05) is 23.7 Å². The minimum absolute atomic E-state index is 0.00620. The van der Waals surface area contributed by atoms with Gasteiger partial charge in [-0.1, -0.05) is 17.7 Å². The number of nitro groups is 1. The Hall–Kier alpha value is -3.50. The Morgan fingerprint density at radius 3 is 2.69 bits per heavy atom. The van der Waals surface area contributed by atoms with Gasteiger partial charge < -0.3 is 10.1 Å². The van der Waals surface area contributed by atoms with E-state index in [9.17, 15) is 24.5 Å². The smallest absolute Gasteiger partial charge is 0.271 e. The molecule has 0 aromatic heterocycles. The lowest BCUT2D eigenvalue weighted by Gasteiger charge is -2.36. The molecule has 11 heteroatoms. The first kappa shape index (κ1) is 22.0. The second-order valence-electron chi connectivity index (χ2n) is 9.42. The summed E-state index contributed by atoms with van der Waals surface area (Å²) in [6.45, 7) is 2.43. The van der Waals surface area contributed by atoms with E-state index in [2.05, 4.69) is 5.32 Å². The standard InChI is InChI=1S/C24H21ClN4O6/c1-11-8-13-20(14(25)9-11)26-23(32)24(13)19-18(15-4-3-7-27(15)24)21(30)28(22(19)31)16-10-12(29(33)34)5-6-17(16)35-2/h5-6,8-10,15,18-19H,3-4,7H2,1-2H3,(H,26,32)/t15-,18+,19+,24+/m1/s1. The van der Waals surface area contributed by atoms with Crippen molar-refractivity contribution in [2.24, 2.45) is 11.8 Å². The quantitative estimate of drug-likeness (QED) is 0.393. The first-order valence-corrected chi connectivity index (χ1v) is 11.7. The second-order valence-corrected chi connectivity index (χ2v) is 9.83. The van der Waals surface area contributed by atoms with Crippen LogP contribution >= 0.6 is 11.6 Å². The first-order chi connectivity index (χ1) is 16.7. The summed E-state index contributed by atoms with van der Waals surface area (Å²) in [4.78, 5) is 55.5. The summed E-state index contributed by atoms with van der Waals surface area (Å²) < 4.78 is 5.35. The van der Waals surface area contributed by atoms with Gasteiger partial charge >= 0.3 is 0 Å². The van der Waals surface area contributed by atoms with E-state index in [1.807, 2.05) is 17.9 Å².